The number of nitrogens with one attached hydrogen (secondary N) is 1. The third-order valence-electron chi connectivity index (χ3n) is 5.18. The summed E-state index contributed by atoms with van der Waals surface area (Å²) >= 11 is 0. The molecule has 144 valence electrons. The first kappa shape index (κ1) is 20.5. The van der Waals surface area contributed by atoms with Gasteiger partial charge in [0.2, 0.25) is 11.6 Å². The molecule has 1 unspecified atom stereocenters. The van der Waals surface area contributed by atoms with Crippen LogP contribution in [0, 0.1) is 11.8 Å². The van der Waals surface area contributed by atoms with Gasteiger partial charge in [-0.1, -0.05) is 45.3 Å². The minimum Gasteiger partial charge on any atom is -0.504 e. The summed E-state index contributed by atoms with van der Waals surface area (Å²) in [5.41, 5.74) is 2.39. The number of ketones is 2. The van der Waals surface area contributed by atoms with Crippen molar-refractivity contribution in [2.75, 3.05) is 6.54 Å². The van der Waals surface area contributed by atoms with Gasteiger partial charge in [0.15, 0.2) is 5.76 Å². The van der Waals surface area contributed by atoms with E-state index in [1.54, 1.807) is 0 Å². The van der Waals surface area contributed by atoms with Crippen LogP contribution in [0.5, 0.6) is 0 Å². The van der Waals surface area contributed by atoms with Crippen molar-refractivity contribution in [1.29, 1.82) is 0 Å². The Bertz CT molecular complexity index is 652. The number of hydrogen-bond acceptors (Lipinski definition) is 4. The van der Waals surface area contributed by atoms with E-state index in [9.17, 15) is 14.7 Å². The van der Waals surface area contributed by atoms with Crippen molar-refractivity contribution in [2.24, 2.45) is 11.8 Å². The lowest BCUT2D eigenvalue weighted by atomic mass is 9.78. The highest BCUT2D eigenvalue weighted by molar-refractivity contribution is 6.24. The minimum absolute atomic E-state index is 0.159. The van der Waals surface area contributed by atoms with E-state index in [4.69, 9.17) is 0 Å². The molecule has 0 heterocycles. The van der Waals surface area contributed by atoms with Crippen LogP contribution in [0.4, 0.5) is 0 Å². The first-order chi connectivity index (χ1) is 12.4. The second-order valence-corrected chi connectivity index (χ2v) is 8.02. The number of unbranched alkanes of at least 4 members (excludes halogenated alkanes) is 2. The van der Waals surface area contributed by atoms with Crippen molar-refractivity contribution in [3.63, 3.8) is 0 Å². The Balaban J connectivity index is 2.37. The standard InChI is InChI=1S/C22H33NO3/c1-5-6-7-11-17-19(23-13-14(2)3)21(25)18(22(26)20(17)24)16-10-8-9-15(4)12-16/h12,14,16,23,26H,5-11,13H2,1-4H3. The molecule has 0 aromatic heterocycles. The first-order valence-electron chi connectivity index (χ1n) is 10.0. The Labute approximate surface area is 157 Å². The molecular formula is C22H33NO3. The summed E-state index contributed by atoms with van der Waals surface area (Å²) in [6.07, 6.45) is 8.28. The third-order valence-corrected chi connectivity index (χ3v) is 5.18. The van der Waals surface area contributed by atoms with Gasteiger partial charge in [0, 0.05) is 18.0 Å². The SMILES string of the molecule is CCCCCC1=C(NCC(C)C)C(=O)C(C2C=C(C)CCC2)=C(O)C1=O. The number of rotatable bonds is 8. The van der Waals surface area contributed by atoms with E-state index in [0.717, 1.165) is 38.5 Å². The fourth-order valence-electron chi connectivity index (χ4n) is 3.72. The molecule has 1 atom stereocenters. The summed E-state index contributed by atoms with van der Waals surface area (Å²) in [4.78, 5) is 26.1. The van der Waals surface area contributed by atoms with Gasteiger partial charge in [-0.05, 0) is 44.9 Å². The van der Waals surface area contributed by atoms with E-state index in [1.807, 2.05) is 13.0 Å². The van der Waals surface area contributed by atoms with Crippen LogP contribution in [0.2, 0.25) is 0 Å². The van der Waals surface area contributed by atoms with Crippen molar-refractivity contribution in [1.82, 2.24) is 5.32 Å². The van der Waals surface area contributed by atoms with Gasteiger partial charge in [0.25, 0.3) is 0 Å². The highest BCUT2D eigenvalue weighted by atomic mass is 16.3. The van der Waals surface area contributed by atoms with E-state index in [0.29, 0.717) is 35.7 Å². The zero-order chi connectivity index (χ0) is 19.3. The molecule has 2 aliphatic rings. The smallest absolute Gasteiger partial charge is 0.225 e. The number of carbonyl (C=O) groups excluding carboxylic acids is 2. The van der Waals surface area contributed by atoms with Gasteiger partial charge in [-0.3, -0.25) is 9.59 Å². The topological polar surface area (TPSA) is 66.4 Å². The monoisotopic (exact) mass is 359 g/mol. The molecular weight excluding hydrogens is 326 g/mol. The lowest BCUT2D eigenvalue weighted by Crippen LogP contribution is -2.35. The van der Waals surface area contributed by atoms with Crippen LogP contribution in [0.25, 0.3) is 0 Å². The van der Waals surface area contributed by atoms with Gasteiger partial charge >= 0.3 is 0 Å². The summed E-state index contributed by atoms with van der Waals surface area (Å²) in [7, 11) is 0. The fraction of sp³-hybridized carbons (Fsp3) is 0.636. The summed E-state index contributed by atoms with van der Waals surface area (Å²) in [5.74, 6) is -0.674. The van der Waals surface area contributed by atoms with E-state index in [-0.39, 0.29) is 23.2 Å². The zero-order valence-corrected chi connectivity index (χ0v) is 16.7. The van der Waals surface area contributed by atoms with Crippen molar-refractivity contribution in [3.05, 3.63) is 34.3 Å². The Kier molecular flexibility index (Phi) is 7.24. The van der Waals surface area contributed by atoms with Crippen LogP contribution >= 0.6 is 0 Å². The predicted molar refractivity (Wildman–Crippen MR) is 105 cm³/mol. The number of hydrogen-bond donors (Lipinski definition) is 2. The normalized spacial score (nSPS) is 21.6. The molecule has 26 heavy (non-hydrogen) atoms. The fourth-order valence-corrected chi connectivity index (χ4v) is 3.72. The number of allylic oxidation sites excluding steroid dienone is 4. The van der Waals surface area contributed by atoms with Gasteiger partial charge < -0.3 is 10.4 Å². The van der Waals surface area contributed by atoms with Crippen molar-refractivity contribution >= 4 is 11.6 Å². The van der Waals surface area contributed by atoms with Crippen LogP contribution in [0.1, 0.15) is 72.6 Å². The summed E-state index contributed by atoms with van der Waals surface area (Å²) in [6.45, 7) is 8.93. The Hall–Kier alpha value is -1.84. The highest BCUT2D eigenvalue weighted by Crippen LogP contribution is 2.35. The molecule has 0 amide bonds. The molecule has 0 aromatic carbocycles. The quantitative estimate of drug-likeness (QED) is 0.372. The molecule has 0 spiro atoms. The number of Topliss-reactive ketones (excluding diaryl/α,β-unsaturated/α-hetero) is 2. The summed E-state index contributed by atoms with van der Waals surface area (Å²) in [6, 6.07) is 0. The molecule has 0 saturated heterocycles. The minimum atomic E-state index is -0.362. The highest BCUT2D eigenvalue weighted by Gasteiger charge is 2.37. The van der Waals surface area contributed by atoms with Gasteiger partial charge in [-0.2, -0.15) is 0 Å². The molecule has 0 radical (unpaired) electrons. The number of carbonyl (C=O) groups is 2. The van der Waals surface area contributed by atoms with Crippen LogP contribution in [0.3, 0.4) is 0 Å². The van der Waals surface area contributed by atoms with Gasteiger partial charge in [-0.15, -0.1) is 0 Å². The lowest BCUT2D eigenvalue weighted by Gasteiger charge is -2.28. The maximum atomic E-state index is 13.2. The van der Waals surface area contributed by atoms with Crippen LogP contribution in [-0.2, 0) is 9.59 Å². The second kappa shape index (κ2) is 9.20. The maximum absolute atomic E-state index is 13.2. The lowest BCUT2D eigenvalue weighted by molar-refractivity contribution is -0.119. The number of aliphatic hydroxyl groups excluding tert-OH is 1. The van der Waals surface area contributed by atoms with E-state index < -0.39 is 0 Å². The average Bonchev–Trinajstić information content (AvgIpc) is 2.59. The van der Waals surface area contributed by atoms with E-state index in [1.165, 1.54) is 5.57 Å². The molecule has 4 nitrogen and oxygen atoms in total. The van der Waals surface area contributed by atoms with Crippen LogP contribution < -0.4 is 5.32 Å². The van der Waals surface area contributed by atoms with Gasteiger partial charge in [0.05, 0.1) is 11.3 Å². The molecule has 0 bridgehead atoms. The Morgan fingerprint density at radius 3 is 2.58 bits per heavy atom. The predicted octanol–water partition coefficient (Wildman–Crippen LogP) is 4.78. The summed E-state index contributed by atoms with van der Waals surface area (Å²) < 4.78 is 0. The molecule has 0 fully saturated rings. The molecule has 0 aliphatic heterocycles. The molecule has 4 heteroatoms. The van der Waals surface area contributed by atoms with Crippen LogP contribution in [0.15, 0.2) is 34.3 Å². The molecule has 2 rings (SSSR count). The molecule has 2 N–H and O–H groups in total. The second-order valence-electron chi connectivity index (χ2n) is 8.02. The third kappa shape index (κ3) is 4.66. The van der Waals surface area contributed by atoms with E-state index in [2.05, 4.69) is 26.1 Å². The average molecular weight is 360 g/mol. The molecule has 2 aliphatic carbocycles. The summed E-state index contributed by atoms with van der Waals surface area (Å²) in [5, 5.41) is 13.8. The molecule has 0 saturated carbocycles. The van der Waals surface area contributed by atoms with Crippen molar-refractivity contribution in [3.8, 4) is 0 Å². The maximum Gasteiger partial charge on any atom is 0.225 e. The van der Waals surface area contributed by atoms with Crippen molar-refractivity contribution in [2.45, 2.75) is 72.6 Å². The Morgan fingerprint density at radius 2 is 1.96 bits per heavy atom. The zero-order valence-electron chi connectivity index (χ0n) is 16.7. The van der Waals surface area contributed by atoms with Crippen molar-refractivity contribution < 1.29 is 14.7 Å². The van der Waals surface area contributed by atoms with Gasteiger partial charge in [0.1, 0.15) is 0 Å². The largest absolute Gasteiger partial charge is 0.504 e. The van der Waals surface area contributed by atoms with Crippen LogP contribution in [-0.4, -0.2) is 23.2 Å². The first-order valence-corrected chi connectivity index (χ1v) is 10.0. The Morgan fingerprint density at radius 1 is 1.23 bits per heavy atom. The van der Waals surface area contributed by atoms with E-state index >= 15 is 0 Å². The molecule has 0 aromatic rings. The van der Waals surface area contributed by atoms with Gasteiger partial charge in [-0.25, -0.2) is 0 Å². The number of aliphatic hydroxyl groups is 1.